The lowest BCUT2D eigenvalue weighted by molar-refractivity contribution is -0.136. The predicted molar refractivity (Wildman–Crippen MR) is 106 cm³/mol. The van der Waals surface area contributed by atoms with Crippen LogP contribution >= 0.6 is 11.6 Å². The molecule has 0 aliphatic carbocycles. The Morgan fingerprint density at radius 3 is 2.55 bits per heavy atom. The summed E-state index contributed by atoms with van der Waals surface area (Å²) in [5.74, 6) is -0.735. The quantitative estimate of drug-likeness (QED) is 0.341. The molecule has 1 aromatic heterocycles. The summed E-state index contributed by atoms with van der Waals surface area (Å²) in [6, 6.07) is 10.9. The second-order valence-corrected chi connectivity index (χ2v) is 6.45. The minimum atomic E-state index is -0.833. The van der Waals surface area contributed by atoms with Crippen molar-refractivity contribution in [2.75, 3.05) is 13.2 Å². The van der Waals surface area contributed by atoms with Gasteiger partial charge in [0.1, 0.15) is 22.6 Å². The van der Waals surface area contributed by atoms with Crippen molar-refractivity contribution in [3.05, 3.63) is 69.0 Å². The van der Waals surface area contributed by atoms with Gasteiger partial charge in [-0.3, -0.25) is 0 Å². The fraction of sp³-hybridized carbons (Fsp3) is 0.190. The van der Waals surface area contributed by atoms with E-state index < -0.39 is 17.6 Å². The Bertz CT molecular complexity index is 1130. The van der Waals surface area contributed by atoms with Gasteiger partial charge in [-0.15, -0.1) is 0 Å². The molecule has 0 N–H and O–H groups in total. The van der Waals surface area contributed by atoms with Crippen LogP contribution in [0.5, 0.6) is 11.5 Å². The Hall–Kier alpha value is -3.32. The molecule has 0 saturated carbocycles. The first-order valence-electron chi connectivity index (χ1n) is 8.72. The predicted octanol–water partition coefficient (Wildman–Crippen LogP) is 3.92. The van der Waals surface area contributed by atoms with E-state index in [9.17, 15) is 14.4 Å². The largest absolute Gasteiger partial charge is 0.482 e. The summed E-state index contributed by atoms with van der Waals surface area (Å²) in [4.78, 5) is 35.8. The average Bonchev–Trinajstić information content (AvgIpc) is 2.68. The Morgan fingerprint density at radius 1 is 1.07 bits per heavy atom. The van der Waals surface area contributed by atoms with Gasteiger partial charge in [-0.2, -0.15) is 0 Å². The van der Waals surface area contributed by atoms with E-state index in [-0.39, 0.29) is 30.1 Å². The van der Waals surface area contributed by atoms with Crippen molar-refractivity contribution in [2.45, 2.75) is 13.8 Å². The summed E-state index contributed by atoms with van der Waals surface area (Å²) in [5.41, 5.74) is -0.0384. The number of carbonyl (C=O) groups excluding carboxylic acids is 2. The van der Waals surface area contributed by atoms with E-state index in [1.165, 1.54) is 18.2 Å². The van der Waals surface area contributed by atoms with Crippen LogP contribution in [-0.2, 0) is 9.53 Å². The summed E-state index contributed by atoms with van der Waals surface area (Å²) in [5, 5.41) is 1.09. The Kier molecular flexibility index (Phi) is 6.19. The molecule has 150 valence electrons. The monoisotopic (exact) mass is 416 g/mol. The maximum absolute atomic E-state index is 12.0. The van der Waals surface area contributed by atoms with Crippen LogP contribution in [0.25, 0.3) is 11.0 Å². The van der Waals surface area contributed by atoms with E-state index in [1.54, 1.807) is 31.2 Å². The number of aryl methyl sites for hydroxylation is 1. The topological polar surface area (TPSA) is 92.0 Å². The maximum atomic E-state index is 12.0. The molecule has 0 atom stereocenters. The third-order valence-corrected chi connectivity index (χ3v) is 4.34. The zero-order valence-electron chi connectivity index (χ0n) is 15.7. The van der Waals surface area contributed by atoms with Crippen molar-refractivity contribution >= 4 is 34.5 Å². The molecule has 0 saturated heterocycles. The molecule has 7 nitrogen and oxygen atoms in total. The lowest BCUT2D eigenvalue weighted by Crippen LogP contribution is -2.18. The standard InChI is InChI=1S/C21H17ClO7/c1-3-26-20(24)16-9-13-4-5-15(10-18(13)29-21(16)25)28-19(23)11-27-14-6-7-17(22)12(2)8-14/h4-10H,3,11H2,1-2H3. The van der Waals surface area contributed by atoms with Crippen molar-refractivity contribution in [3.8, 4) is 11.5 Å². The molecule has 29 heavy (non-hydrogen) atoms. The van der Waals surface area contributed by atoms with Crippen molar-refractivity contribution in [1.82, 2.24) is 0 Å². The third kappa shape index (κ3) is 4.94. The van der Waals surface area contributed by atoms with Gasteiger partial charge in [0.05, 0.1) is 6.61 Å². The number of rotatable bonds is 6. The number of fused-ring (bicyclic) bond motifs is 1. The zero-order chi connectivity index (χ0) is 21.0. The van der Waals surface area contributed by atoms with E-state index in [0.717, 1.165) is 5.56 Å². The van der Waals surface area contributed by atoms with E-state index in [1.807, 2.05) is 6.92 Å². The molecule has 0 amide bonds. The lowest BCUT2D eigenvalue weighted by Gasteiger charge is -2.08. The normalized spacial score (nSPS) is 10.6. The average molecular weight is 417 g/mol. The van der Waals surface area contributed by atoms with Crippen LogP contribution in [0, 0.1) is 6.92 Å². The summed E-state index contributed by atoms with van der Waals surface area (Å²) in [6.45, 7) is 3.29. The fourth-order valence-electron chi connectivity index (χ4n) is 2.52. The van der Waals surface area contributed by atoms with E-state index in [4.69, 9.17) is 30.2 Å². The smallest absolute Gasteiger partial charge is 0.351 e. The molecular weight excluding hydrogens is 400 g/mol. The molecular formula is C21H17ClO7. The summed E-state index contributed by atoms with van der Waals surface area (Å²) < 4.78 is 20.6. The van der Waals surface area contributed by atoms with Crippen molar-refractivity contribution in [3.63, 3.8) is 0 Å². The lowest BCUT2D eigenvalue weighted by atomic mass is 10.2. The minimum absolute atomic E-state index is 0.142. The first kappa shape index (κ1) is 20.4. The fourth-order valence-corrected chi connectivity index (χ4v) is 2.63. The third-order valence-electron chi connectivity index (χ3n) is 3.92. The zero-order valence-corrected chi connectivity index (χ0v) is 16.4. The number of carbonyl (C=O) groups is 2. The molecule has 3 aromatic rings. The molecule has 3 rings (SSSR count). The highest BCUT2D eigenvalue weighted by Crippen LogP contribution is 2.22. The molecule has 1 heterocycles. The van der Waals surface area contributed by atoms with Crippen molar-refractivity contribution in [2.24, 2.45) is 0 Å². The molecule has 8 heteroatoms. The molecule has 0 spiro atoms. The molecule has 0 aliphatic rings. The molecule has 0 fully saturated rings. The number of esters is 2. The molecule has 0 radical (unpaired) electrons. The van der Waals surface area contributed by atoms with Crippen LogP contribution in [0.4, 0.5) is 0 Å². The Labute approximate surface area is 170 Å². The molecule has 2 aromatic carbocycles. The molecule has 0 unspecified atom stereocenters. The van der Waals surface area contributed by atoms with Crippen LogP contribution in [0.2, 0.25) is 5.02 Å². The summed E-state index contributed by atoms with van der Waals surface area (Å²) >= 11 is 5.95. The van der Waals surface area contributed by atoms with E-state index in [2.05, 4.69) is 0 Å². The van der Waals surface area contributed by atoms with Gasteiger partial charge in [0, 0.05) is 16.5 Å². The van der Waals surface area contributed by atoms with Gasteiger partial charge < -0.3 is 18.6 Å². The van der Waals surface area contributed by atoms with Crippen LogP contribution in [0.3, 0.4) is 0 Å². The Morgan fingerprint density at radius 2 is 1.83 bits per heavy atom. The number of hydrogen-bond donors (Lipinski definition) is 0. The van der Waals surface area contributed by atoms with Crippen LogP contribution < -0.4 is 15.1 Å². The van der Waals surface area contributed by atoms with Gasteiger partial charge in [0.25, 0.3) is 0 Å². The van der Waals surface area contributed by atoms with Crippen LogP contribution in [0.15, 0.2) is 51.7 Å². The Balaban J connectivity index is 1.70. The second kappa shape index (κ2) is 8.79. The van der Waals surface area contributed by atoms with Gasteiger partial charge in [-0.25, -0.2) is 14.4 Å². The van der Waals surface area contributed by atoms with E-state index >= 15 is 0 Å². The highest BCUT2D eigenvalue weighted by atomic mass is 35.5. The summed E-state index contributed by atoms with van der Waals surface area (Å²) in [6.07, 6.45) is 0. The van der Waals surface area contributed by atoms with Gasteiger partial charge in [0.15, 0.2) is 6.61 Å². The van der Waals surface area contributed by atoms with Crippen LogP contribution in [0.1, 0.15) is 22.8 Å². The first-order chi connectivity index (χ1) is 13.9. The van der Waals surface area contributed by atoms with Crippen molar-refractivity contribution in [1.29, 1.82) is 0 Å². The molecule has 0 aliphatic heterocycles. The van der Waals surface area contributed by atoms with Crippen molar-refractivity contribution < 1.29 is 28.2 Å². The summed E-state index contributed by atoms with van der Waals surface area (Å²) in [7, 11) is 0. The highest BCUT2D eigenvalue weighted by Gasteiger charge is 2.15. The maximum Gasteiger partial charge on any atom is 0.351 e. The number of ether oxygens (including phenoxy) is 3. The van der Waals surface area contributed by atoms with Gasteiger partial charge >= 0.3 is 17.6 Å². The van der Waals surface area contributed by atoms with Gasteiger partial charge in [-0.05, 0) is 55.8 Å². The minimum Gasteiger partial charge on any atom is -0.482 e. The van der Waals surface area contributed by atoms with E-state index in [0.29, 0.717) is 16.2 Å². The first-order valence-corrected chi connectivity index (χ1v) is 9.10. The second-order valence-electron chi connectivity index (χ2n) is 6.04. The van der Waals surface area contributed by atoms with Gasteiger partial charge in [0.2, 0.25) is 0 Å². The molecule has 0 bridgehead atoms. The number of hydrogen-bond acceptors (Lipinski definition) is 7. The highest BCUT2D eigenvalue weighted by molar-refractivity contribution is 6.31. The van der Waals surface area contributed by atoms with Gasteiger partial charge in [-0.1, -0.05) is 11.6 Å². The SMILES string of the molecule is CCOC(=O)c1cc2ccc(OC(=O)COc3ccc(Cl)c(C)c3)cc2oc1=O. The number of halogens is 1. The van der Waals surface area contributed by atoms with Crippen LogP contribution in [-0.4, -0.2) is 25.2 Å². The number of benzene rings is 2.